The summed E-state index contributed by atoms with van der Waals surface area (Å²) >= 11 is 0. The number of hydrogen-bond acceptors (Lipinski definition) is 6. The van der Waals surface area contributed by atoms with E-state index in [0.29, 0.717) is 6.54 Å². The van der Waals surface area contributed by atoms with Gasteiger partial charge < -0.3 is 10.6 Å². The molecule has 0 radical (unpaired) electrons. The normalized spacial score (nSPS) is 10.1. The van der Waals surface area contributed by atoms with Crippen LogP contribution in [0, 0.1) is 20.2 Å². The summed E-state index contributed by atoms with van der Waals surface area (Å²) in [6.45, 7) is 2.58. The molecular formula is C11H14N4O5. The van der Waals surface area contributed by atoms with Gasteiger partial charge in [-0.2, -0.15) is 0 Å². The van der Waals surface area contributed by atoms with E-state index in [1.807, 2.05) is 0 Å². The zero-order valence-corrected chi connectivity index (χ0v) is 10.8. The lowest BCUT2D eigenvalue weighted by Crippen LogP contribution is -2.35. The molecule has 108 valence electrons. The van der Waals surface area contributed by atoms with E-state index >= 15 is 0 Å². The molecule has 0 saturated heterocycles. The van der Waals surface area contributed by atoms with Crippen molar-refractivity contribution in [3.63, 3.8) is 0 Å². The van der Waals surface area contributed by atoms with Gasteiger partial charge in [-0.25, -0.2) is 0 Å². The molecule has 0 bridgehead atoms. The van der Waals surface area contributed by atoms with Crippen LogP contribution in [0.15, 0.2) is 18.2 Å². The fourth-order valence-electron chi connectivity index (χ4n) is 1.67. The van der Waals surface area contributed by atoms with Crippen molar-refractivity contribution in [3.8, 4) is 0 Å². The molecule has 1 aromatic rings. The Morgan fingerprint density at radius 2 is 1.70 bits per heavy atom. The van der Waals surface area contributed by atoms with Crippen molar-refractivity contribution in [1.29, 1.82) is 0 Å². The van der Waals surface area contributed by atoms with E-state index in [9.17, 15) is 25.0 Å². The van der Waals surface area contributed by atoms with Crippen molar-refractivity contribution < 1.29 is 14.6 Å². The molecule has 0 spiro atoms. The van der Waals surface area contributed by atoms with Gasteiger partial charge in [-0.1, -0.05) is 0 Å². The first-order chi connectivity index (χ1) is 9.40. The summed E-state index contributed by atoms with van der Waals surface area (Å²) < 4.78 is 0. The van der Waals surface area contributed by atoms with E-state index in [4.69, 9.17) is 5.73 Å². The number of carbonyl (C=O) groups is 1. The zero-order chi connectivity index (χ0) is 15.3. The molecule has 0 aliphatic heterocycles. The third-order valence-corrected chi connectivity index (χ3v) is 2.64. The van der Waals surface area contributed by atoms with Crippen molar-refractivity contribution in [1.82, 2.24) is 4.90 Å². The number of hydrogen-bond donors (Lipinski definition) is 1. The number of likely N-dealkylation sites (N-methyl/N-ethyl adjacent to an activating group) is 1. The first-order valence-corrected chi connectivity index (χ1v) is 5.84. The Hall–Kier alpha value is -2.55. The second-order valence-electron chi connectivity index (χ2n) is 3.93. The van der Waals surface area contributed by atoms with Crippen molar-refractivity contribution in [2.75, 3.05) is 19.6 Å². The van der Waals surface area contributed by atoms with Gasteiger partial charge in [0.2, 0.25) is 0 Å². The summed E-state index contributed by atoms with van der Waals surface area (Å²) in [6.07, 6.45) is 0. The summed E-state index contributed by atoms with van der Waals surface area (Å²) in [4.78, 5) is 33.5. The number of nitro groups is 2. The molecule has 1 aromatic carbocycles. The molecule has 0 aliphatic carbocycles. The van der Waals surface area contributed by atoms with Crippen LogP contribution < -0.4 is 5.73 Å². The largest absolute Gasteiger partial charge is 0.338 e. The molecule has 0 saturated carbocycles. The molecule has 0 atom stereocenters. The SMILES string of the molecule is CCN(CCN)C(=O)c1cc([N+](=O)[O-])cc([N+](=O)[O-])c1. The Morgan fingerprint density at radius 1 is 1.20 bits per heavy atom. The highest BCUT2D eigenvalue weighted by atomic mass is 16.6. The topological polar surface area (TPSA) is 133 Å². The number of benzene rings is 1. The first kappa shape index (κ1) is 15.5. The number of carbonyl (C=O) groups excluding carboxylic acids is 1. The minimum Gasteiger partial charge on any atom is -0.338 e. The molecule has 0 unspecified atom stereocenters. The number of non-ortho nitro benzene ring substituents is 2. The summed E-state index contributed by atoms with van der Waals surface area (Å²) in [5, 5.41) is 21.5. The minimum atomic E-state index is -0.775. The van der Waals surface area contributed by atoms with E-state index in [1.54, 1.807) is 6.92 Å². The predicted molar refractivity (Wildman–Crippen MR) is 70.4 cm³/mol. The van der Waals surface area contributed by atoms with E-state index in [-0.39, 0.29) is 18.7 Å². The molecule has 9 nitrogen and oxygen atoms in total. The lowest BCUT2D eigenvalue weighted by Gasteiger charge is -2.19. The molecule has 9 heteroatoms. The fourth-order valence-corrected chi connectivity index (χ4v) is 1.67. The molecule has 0 fully saturated rings. The number of nitrogens with zero attached hydrogens (tertiary/aromatic N) is 3. The highest BCUT2D eigenvalue weighted by Crippen LogP contribution is 2.23. The van der Waals surface area contributed by atoms with Gasteiger partial charge in [0.1, 0.15) is 0 Å². The molecule has 2 N–H and O–H groups in total. The van der Waals surface area contributed by atoms with Gasteiger partial charge in [-0.15, -0.1) is 0 Å². The Labute approximate surface area is 114 Å². The average molecular weight is 282 g/mol. The fraction of sp³-hybridized carbons (Fsp3) is 0.364. The van der Waals surface area contributed by atoms with Crippen molar-refractivity contribution in [2.24, 2.45) is 5.73 Å². The lowest BCUT2D eigenvalue weighted by molar-refractivity contribution is -0.394. The number of rotatable bonds is 6. The zero-order valence-electron chi connectivity index (χ0n) is 10.8. The average Bonchev–Trinajstić information content (AvgIpc) is 2.43. The number of amides is 1. The van der Waals surface area contributed by atoms with Crippen LogP contribution in [0.2, 0.25) is 0 Å². The van der Waals surface area contributed by atoms with E-state index in [2.05, 4.69) is 0 Å². The van der Waals surface area contributed by atoms with E-state index in [1.165, 1.54) is 4.90 Å². The monoisotopic (exact) mass is 282 g/mol. The van der Waals surface area contributed by atoms with Gasteiger partial charge in [0.05, 0.1) is 21.5 Å². The predicted octanol–water partition coefficient (Wildman–Crippen LogP) is 0.924. The van der Waals surface area contributed by atoms with Gasteiger partial charge in [0, 0.05) is 31.8 Å². The van der Waals surface area contributed by atoms with Crippen LogP contribution in [-0.4, -0.2) is 40.3 Å². The highest BCUT2D eigenvalue weighted by molar-refractivity contribution is 5.95. The van der Waals surface area contributed by atoms with Gasteiger partial charge in [-0.05, 0) is 6.92 Å². The van der Waals surface area contributed by atoms with Crippen molar-refractivity contribution >= 4 is 17.3 Å². The smallest absolute Gasteiger partial charge is 0.277 e. The summed E-state index contributed by atoms with van der Waals surface area (Å²) in [7, 11) is 0. The van der Waals surface area contributed by atoms with Crippen molar-refractivity contribution in [2.45, 2.75) is 6.92 Å². The maximum Gasteiger partial charge on any atom is 0.277 e. The maximum absolute atomic E-state index is 12.1. The maximum atomic E-state index is 12.1. The third kappa shape index (κ3) is 3.48. The van der Waals surface area contributed by atoms with Crippen LogP contribution in [0.1, 0.15) is 17.3 Å². The molecule has 0 aliphatic rings. The van der Waals surface area contributed by atoms with Gasteiger partial charge in [0.15, 0.2) is 0 Å². The van der Waals surface area contributed by atoms with E-state index in [0.717, 1.165) is 18.2 Å². The Kier molecular flexibility index (Phi) is 5.09. The molecule has 20 heavy (non-hydrogen) atoms. The highest BCUT2D eigenvalue weighted by Gasteiger charge is 2.22. The van der Waals surface area contributed by atoms with Crippen LogP contribution in [0.5, 0.6) is 0 Å². The molecular weight excluding hydrogens is 268 g/mol. The molecule has 0 aromatic heterocycles. The second kappa shape index (κ2) is 6.57. The Morgan fingerprint density at radius 3 is 2.05 bits per heavy atom. The van der Waals surface area contributed by atoms with Gasteiger partial charge in [-0.3, -0.25) is 25.0 Å². The third-order valence-electron chi connectivity index (χ3n) is 2.64. The number of nitrogens with two attached hydrogens (primary N) is 1. The molecule has 1 rings (SSSR count). The van der Waals surface area contributed by atoms with Crippen LogP contribution in [0.3, 0.4) is 0 Å². The number of nitro benzene ring substituents is 2. The standard InChI is InChI=1S/C11H14N4O5/c1-2-13(4-3-12)11(16)8-5-9(14(17)18)7-10(6-8)15(19)20/h5-7H,2-4,12H2,1H3. The van der Waals surface area contributed by atoms with E-state index < -0.39 is 27.1 Å². The van der Waals surface area contributed by atoms with Gasteiger partial charge >= 0.3 is 0 Å². The first-order valence-electron chi connectivity index (χ1n) is 5.84. The Balaban J connectivity index is 3.25. The summed E-state index contributed by atoms with van der Waals surface area (Å²) in [5.74, 6) is -0.523. The lowest BCUT2D eigenvalue weighted by atomic mass is 10.1. The van der Waals surface area contributed by atoms with Crippen LogP contribution in [-0.2, 0) is 0 Å². The van der Waals surface area contributed by atoms with Crippen molar-refractivity contribution in [3.05, 3.63) is 44.0 Å². The molecule has 0 heterocycles. The van der Waals surface area contributed by atoms with Crippen LogP contribution in [0.4, 0.5) is 11.4 Å². The summed E-state index contributed by atoms with van der Waals surface area (Å²) in [6, 6.07) is 2.86. The van der Waals surface area contributed by atoms with Crippen LogP contribution >= 0.6 is 0 Å². The summed E-state index contributed by atoms with van der Waals surface area (Å²) in [5.41, 5.74) is 4.28. The quantitative estimate of drug-likeness (QED) is 0.609. The minimum absolute atomic E-state index is 0.0961. The van der Waals surface area contributed by atoms with Gasteiger partial charge in [0.25, 0.3) is 17.3 Å². The Bertz CT molecular complexity index is 513. The molecule has 1 amide bonds. The second-order valence-corrected chi connectivity index (χ2v) is 3.93. The van der Waals surface area contributed by atoms with Crippen LogP contribution in [0.25, 0.3) is 0 Å².